The normalized spacial score (nSPS) is 9.44. The van der Waals surface area contributed by atoms with Crippen molar-refractivity contribution >= 4 is 23.9 Å². The summed E-state index contributed by atoms with van der Waals surface area (Å²) in [6, 6.07) is 0. The summed E-state index contributed by atoms with van der Waals surface area (Å²) in [7, 11) is 0. The molecule has 0 aliphatic rings. The van der Waals surface area contributed by atoms with Crippen LogP contribution in [-0.4, -0.2) is 44.3 Å². The monoisotopic (exact) mass is 520 g/mol. The molecule has 0 aliphatic heterocycles. The van der Waals surface area contributed by atoms with Crippen LogP contribution in [0.25, 0.3) is 0 Å². The van der Waals surface area contributed by atoms with E-state index < -0.39 is 23.9 Å². The Hall–Kier alpha value is -2.12. The van der Waals surface area contributed by atoms with Crippen LogP contribution in [0.1, 0.15) is 156 Å². The number of hydrogen-bond donors (Lipinski definition) is 4. The van der Waals surface area contributed by atoms with E-state index in [0.29, 0.717) is 12.8 Å². The van der Waals surface area contributed by atoms with Crippen molar-refractivity contribution in [3.05, 3.63) is 0 Å². The van der Waals surface area contributed by atoms with Gasteiger partial charge in [-0.3, -0.25) is 19.2 Å². The molecule has 4 N–H and O–H groups in total. The van der Waals surface area contributed by atoms with Gasteiger partial charge in [-0.15, -0.1) is 0 Å². The third-order valence-electron chi connectivity index (χ3n) is 4.99. The Bertz CT molecular complexity index is 440. The first-order valence-electron chi connectivity index (χ1n) is 13.8. The predicted molar refractivity (Wildman–Crippen MR) is 146 cm³/mol. The minimum absolute atomic E-state index is 0.343. The fraction of sp³-hybridized carbons (Fsp3) is 0.857. The van der Waals surface area contributed by atoms with E-state index in [2.05, 4.69) is 13.8 Å². The topological polar surface area (TPSA) is 149 Å². The molecule has 0 saturated carbocycles. The Morgan fingerprint density at radius 3 is 0.722 bits per heavy atom. The molecule has 0 radical (unpaired) electrons. The van der Waals surface area contributed by atoms with Crippen molar-refractivity contribution in [1.82, 2.24) is 0 Å². The van der Waals surface area contributed by atoms with Gasteiger partial charge >= 0.3 is 11.9 Å². The van der Waals surface area contributed by atoms with Crippen LogP contribution < -0.4 is 0 Å². The van der Waals surface area contributed by atoms with Gasteiger partial charge in [0, 0.05) is 26.7 Å². The molecule has 36 heavy (non-hydrogen) atoms. The minimum atomic E-state index is -0.833. The Balaban J connectivity index is -0.000000219. The Kier molecular flexibility index (Phi) is 42.7. The van der Waals surface area contributed by atoms with E-state index in [1.165, 1.54) is 89.9 Å². The second kappa shape index (κ2) is 37.4. The molecular formula is C28H56O8. The summed E-state index contributed by atoms with van der Waals surface area (Å²) in [5.41, 5.74) is 0. The van der Waals surface area contributed by atoms with Crippen molar-refractivity contribution in [3.8, 4) is 0 Å². The van der Waals surface area contributed by atoms with Crippen molar-refractivity contribution in [1.29, 1.82) is 0 Å². The summed E-state index contributed by atoms with van der Waals surface area (Å²) >= 11 is 0. The SMILES string of the molecule is CC(=O)O.CC(=O)O.CCCCCCCCCCCC(=O)O.CCCCCCCCCCCC(=O)O. The van der Waals surface area contributed by atoms with E-state index in [1.54, 1.807) is 0 Å². The van der Waals surface area contributed by atoms with Gasteiger partial charge in [0.2, 0.25) is 0 Å². The summed E-state index contributed by atoms with van der Waals surface area (Å²) < 4.78 is 0. The van der Waals surface area contributed by atoms with Crippen LogP contribution in [0.5, 0.6) is 0 Å². The smallest absolute Gasteiger partial charge is 0.303 e. The zero-order valence-electron chi connectivity index (χ0n) is 23.6. The Morgan fingerprint density at radius 1 is 0.389 bits per heavy atom. The van der Waals surface area contributed by atoms with Gasteiger partial charge in [-0.25, -0.2) is 0 Å². The largest absolute Gasteiger partial charge is 0.481 e. The molecular weight excluding hydrogens is 464 g/mol. The maximum atomic E-state index is 10.2. The van der Waals surface area contributed by atoms with Gasteiger partial charge in [-0.1, -0.05) is 117 Å². The molecule has 216 valence electrons. The number of carboxylic acid groups (broad SMARTS) is 4. The predicted octanol–water partition coefficient (Wildman–Crippen LogP) is 8.17. The van der Waals surface area contributed by atoms with Crippen molar-refractivity contribution < 1.29 is 39.6 Å². The van der Waals surface area contributed by atoms with E-state index in [-0.39, 0.29) is 0 Å². The van der Waals surface area contributed by atoms with Crippen LogP contribution in [0.15, 0.2) is 0 Å². The molecule has 0 unspecified atom stereocenters. The van der Waals surface area contributed by atoms with Crippen LogP contribution in [0.3, 0.4) is 0 Å². The van der Waals surface area contributed by atoms with Crippen molar-refractivity contribution in [3.63, 3.8) is 0 Å². The first kappa shape index (κ1) is 41.0. The van der Waals surface area contributed by atoms with Gasteiger partial charge in [-0.05, 0) is 12.8 Å². The van der Waals surface area contributed by atoms with Gasteiger partial charge < -0.3 is 20.4 Å². The third kappa shape index (κ3) is 76.9. The quantitative estimate of drug-likeness (QED) is 0.117. The average molecular weight is 521 g/mol. The van der Waals surface area contributed by atoms with Crippen LogP contribution in [0, 0.1) is 0 Å². The van der Waals surface area contributed by atoms with E-state index in [9.17, 15) is 9.59 Å². The molecule has 0 rings (SSSR count). The summed E-state index contributed by atoms with van der Waals surface area (Å²) in [5.74, 6) is -2.99. The molecule has 0 saturated heterocycles. The standard InChI is InChI=1S/2C12H24O2.2C2H4O2/c2*1-2-3-4-5-6-7-8-9-10-11-12(13)14;2*1-2(3)4/h2*2-11H2,1H3,(H,13,14);2*1H3,(H,3,4). The second-order valence-electron chi connectivity index (χ2n) is 8.98. The second-order valence-corrected chi connectivity index (χ2v) is 8.98. The van der Waals surface area contributed by atoms with Crippen molar-refractivity contribution in [2.45, 2.75) is 156 Å². The lowest BCUT2D eigenvalue weighted by atomic mass is 10.1. The van der Waals surface area contributed by atoms with E-state index in [4.69, 9.17) is 30.0 Å². The van der Waals surface area contributed by atoms with E-state index >= 15 is 0 Å². The molecule has 0 aromatic carbocycles. The van der Waals surface area contributed by atoms with Gasteiger partial charge in [-0.2, -0.15) is 0 Å². The molecule has 0 atom stereocenters. The summed E-state index contributed by atoms with van der Waals surface area (Å²) in [4.78, 5) is 38.4. The lowest BCUT2D eigenvalue weighted by Gasteiger charge is -2.00. The fourth-order valence-electron chi connectivity index (χ4n) is 3.17. The molecule has 0 aromatic heterocycles. The van der Waals surface area contributed by atoms with Gasteiger partial charge in [0.15, 0.2) is 0 Å². The third-order valence-corrected chi connectivity index (χ3v) is 4.99. The molecule has 8 heteroatoms. The molecule has 0 heterocycles. The fourth-order valence-corrected chi connectivity index (χ4v) is 3.17. The van der Waals surface area contributed by atoms with E-state index in [1.807, 2.05) is 0 Å². The summed E-state index contributed by atoms with van der Waals surface area (Å²) in [6.45, 7) is 6.62. The zero-order chi connectivity index (χ0) is 28.5. The maximum Gasteiger partial charge on any atom is 0.303 e. The number of unbranched alkanes of at least 4 members (excludes halogenated alkanes) is 16. The molecule has 0 fully saturated rings. The first-order valence-corrected chi connectivity index (χ1v) is 13.8. The van der Waals surface area contributed by atoms with Gasteiger partial charge in [0.05, 0.1) is 0 Å². The first-order chi connectivity index (χ1) is 17.0. The lowest BCUT2D eigenvalue weighted by Crippen LogP contribution is -1.93. The maximum absolute atomic E-state index is 10.2. The zero-order valence-corrected chi connectivity index (χ0v) is 23.6. The molecule has 0 bridgehead atoms. The number of rotatable bonds is 20. The molecule has 0 spiro atoms. The highest BCUT2D eigenvalue weighted by Crippen LogP contribution is 2.11. The molecule has 0 amide bonds. The Labute approximate surface area is 219 Å². The lowest BCUT2D eigenvalue weighted by molar-refractivity contribution is -0.138. The average Bonchev–Trinajstić information content (AvgIpc) is 2.76. The van der Waals surface area contributed by atoms with Crippen LogP contribution in [0.4, 0.5) is 0 Å². The molecule has 0 aromatic rings. The Morgan fingerprint density at radius 2 is 0.556 bits per heavy atom. The summed E-state index contributed by atoms with van der Waals surface area (Å²) in [6.07, 6.45) is 23.0. The number of carbonyl (C=O) groups is 4. The summed E-state index contributed by atoms with van der Waals surface area (Å²) in [5, 5.41) is 31.7. The van der Waals surface area contributed by atoms with E-state index in [0.717, 1.165) is 39.5 Å². The van der Waals surface area contributed by atoms with Crippen molar-refractivity contribution in [2.75, 3.05) is 0 Å². The highest BCUT2D eigenvalue weighted by molar-refractivity contribution is 5.66. The molecule has 0 aliphatic carbocycles. The number of hydrogen-bond acceptors (Lipinski definition) is 4. The van der Waals surface area contributed by atoms with Gasteiger partial charge in [0.1, 0.15) is 0 Å². The minimum Gasteiger partial charge on any atom is -0.481 e. The highest BCUT2D eigenvalue weighted by atomic mass is 16.4. The van der Waals surface area contributed by atoms with Crippen LogP contribution in [0.2, 0.25) is 0 Å². The highest BCUT2D eigenvalue weighted by Gasteiger charge is 1.97. The van der Waals surface area contributed by atoms with Crippen LogP contribution in [-0.2, 0) is 19.2 Å². The number of carboxylic acids is 4. The van der Waals surface area contributed by atoms with Gasteiger partial charge in [0.25, 0.3) is 11.9 Å². The molecule has 8 nitrogen and oxygen atoms in total. The number of aliphatic carboxylic acids is 4. The van der Waals surface area contributed by atoms with Crippen molar-refractivity contribution in [2.24, 2.45) is 0 Å². The van der Waals surface area contributed by atoms with Crippen LogP contribution >= 0.6 is 0 Å².